The summed E-state index contributed by atoms with van der Waals surface area (Å²) in [7, 11) is 0.175. The molecule has 1 aliphatic carbocycles. The second kappa shape index (κ2) is 11.0. The van der Waals surface area contributed by atoms with Crippen LogP contribution in [0.25, 0.3) is 11.4 Å². The van der Waals surface area contributed by atoms with Crippen molar-refractivity contribution in [1.82, 2.24) is 29.0 Å². The zero-order chi connectivity index (χ0) is 28.6. The predicted molar refractivity (Wildman–Crippen MR) is 154 cm³/mol. The first kappa shape index (κ1) is 27.6. The lowest BCUT2D eigenvalue weighted by atomic mass is 10.0. The average Bonchev–Trinajstić information content (AvgIpc) is 3.58. The lowest BCUT2D eigenvalue weighted by Gasteiger charge is -2.38. The second-order valence-electron chi connectivity index (χ2n) is 11.0. The van der Waals surface area contributed by atoms with Gasteiger partial charge in [0, 0.05) is 64.0 Å². The number of hydrogen-bond donors (Lipinski definition) is 2. The molecule has 3 aliphatic rings. The van der Waals surface area contributed by atoms with Gasteiger partial charge in [-0.2, -0.15) is 9.19 Å². The lowest BCUT2D eigenvalue weighted by Crippen LogP contribution is -2.45. The molecule has 216 valence electrons. The summed E-state index contributed by atoms with van der Waals surface area (Å²) in [4.78, 5) is 18.0. The van der Waals surface area contributed by atoms with Gasteiger partial charge in [0.25, 0.3) is 10.0 Å². The molecule has 0 aromatic carbocycles. The molecule has 41 heavy (non-hydrogen) atoms. The summed E-state index contributed by atoms with van der Waals surface area (Å²) in [6.45, 7) is 3.23. The summed E-state index contributed by atoms with van der Waals surface area (Å²) in [6.07, 6.45) is 9.63. The summed E-state index contributed by atoms with van der Waals surface area (Å²) >= 11 is 0. The van der Waals surface area contributed by atoms with Crippen LogP contribution in [-0.4, -0.2) is 93.9 Å². The van der Waals surface area contributed by atoms with Gasteiger partial charge in [0.05, 0.1) is 34.5 Å². The number of pyridine rings is 1. The predicted octanol–water partition coefficient (Wildman–Crippen LogP) is 2.06. The van der Waals surface area contributed by atoms with Gasteiger partial charge in [-0.25, -0.2) is 23.4 Å². The first-order chi connectivity index (χ1) is 19.7. The van der Waals surface area contributed by atoms with Crippen molar-refractivity contribution >= 4 is 27.3 Å². The van der Waals surface area contributed by atoms with Gasteiger partial charge in [0.2, 0.25) is 0 Å². The van der Waals surface area contributed by atoms with Crippen molar-refractivity contribution in [2.45, 2.75) is 43.1 Å². The van der Waals surface area contributed by atoms with Crippen LogP contribution >= 0.6 is 0 Å². The molecule has 3 aromatic rings. The van der Waals surface area contributed by atoms with Crippen molar-refractivity contribution in [3.05, 3.63) is 42.5 Å². The number of piperidine rings is 1. The lowest BCUT2D eigenvalue weighted by molar-refractivity contribution is -0.196. The molecule has 12 nitrogen and oxygen atoms in total. The maximum atomic E-state index is 12.5. The topological polar surface area (TPSA) is 139 Å². The summed E-state index contributed by atoms with van der Waals surface area (Å²) < 4.78 is 31.4. The molecule has 2 aliphatic heterocycles. The Morgan fingerprint density at radius 1 is 1.12 bits per heavy atom. The standard InChI is InChI=1S/C28H34N8O4S/c1-34-12-8-20(18-34)3-4-21-16-30-26(15-24(21)35-13-9-28(37,40-2)10-14-35)32-25-7-11-29-27(33-25)22-17-31-36(19-22)41(38,39)23-5-6-23/h7,11,15-17,19-20,23,37H,5-6,8-10,12-14,18H2,1-2H3,(H,29,30,32,33). The Morgan fingerprint density at radius 3 is 2.63 bits per heavy atom. The monoisotopic (exact) mass is 578 g/mol. The van der Waals surface area contributed by atoms with E-state index in [1.165, 1.54) is 19.5 Å². The van der Waals surface area contributed by atoms with Crippen molar-refractivity contribution in [3.63, 3.8) is 0 Å². The molecule has 2 saturated heterocycles. The van der Waals surface area contributed by atoms with E-state index < -0.39 is 15.8 Å². The molecule has 0 amide bonds. The molecule has 5 heterocycles. The van der Waals surface area contributed by atoms with E-state index in [2.05, 4.69) is 54.1 Å². The van der Waals surface area contributed by atoms with Crippen molar-refractivity contribution in [2.24, 2.45) is 5.92 Å². The number of rotatable bonds is 7. The first-order valence-electron chi connectivity index (χ1n) is 13.8. The molecule has 13 heteroatoms. The number of hydrogen-bond acceptors (Lipinski definition) is 11. The normalized spacial score (nSPS) is 21.0. The van der Waals surface area contributed by atoms with E-state index >= 15 is 0 Å². The minimum atomic E-state index is -3.47. The van der Waals surface area contributed by atoms with E-state index in [-0.39, 0.29) is 5.25 Å². The summed E-state index contributed by atoms with van der Waals surface area (Å²) in [5, 5.41) is 17.5. The highest BCUT2D eigenvalue weighted by molar-refractivity contribution is 7.90. The number of ether oxygens (including phenoxy) is 1. The van der Waals surface area contributed by atoms with Crippen LogP contribution in [0, 0.1) is 17.8 Å². The summed E-state index contributed by atoms with van der Waals surface area (Å²) in [5.41, 5.74) is 2.27. The molecule has 0 spiro atoms. The van der Waals surface area contributed by atoms with Gasteiger partial charge in [-0.1, -0.05) is 11.8 Å². The second-order valence-corrected chi connectivity index (χ2v) is 13.0. The molecule has 1 unspecified atom stereocenters. The third kappa shape index (κ3) is 6.06. The van der Waals surface area contributed by atoms with Crippen molar-refractivity contribution in [1.29, 1.82) is 0 Å². The molecule has 3 aromatic heterocycles. The molecule has 2 N–H and O–H groups in total. The number of aliphatic hydroxyl groups is 1. The molecule has 6 rings (SSSR count). The highest BCUT2D eigenvalue weighted by atomic mass is 32.2. The highest BCUT2D eigenvalue weighted by Gasteiger charge is 2.38. The van der Waals surface area contributed by atoms with Gasteiger partial charge in [-0.05, 0) is 38.9 Å². The van der Waals surface area contributed by atoms with Gasteiger partial charge >= 0.3 is 0 Å². The minimum Gasteiger partial charge on any atom is -0.370 e. The first-order valence-corrected chi connectivity index (χ1v) is 15.3. The van der Waals surface area contributed by atoms with Gasteiger partial charge in [-0.3, -0.25) is 0 Å². The molecular weight excluding hydrogens is 544 g/mol. The van der Waals surface area contributed by atoms with Crippen molar-refractivity contribution in [2.75, 3.05) is 50.6 Å². The Hall–Kier alpha value is -3.57. The van der Waals surface area contributed by atoms with E-state index in [9.17, 15) is 13.5 Å². The number of aromatic nitrogens is 5. The van der Waals surface area contributed by atoms with Gasteiger partial charge in [0.15, 0.2) is 11.6 Å². The summed E-state index contributed by atoms with van der Waals surface area (Å²) in [6, 6.07) is 3.67. The molecule has 1 saturated carbocycles. The zero-order valence-corrected chi connectivity index (χ0v) is 24.0. The Kier molecular flexibility index (Phi) is 7.41. The fraction of sp³-hybridized carbons (Fsp3) is 0.500. The molecule has 3 fully saturated rings. The SMILES string of the molecule is COC1(O)CCN(c2cc(Nc3ccnc(-c4cnn(S(=O)(=O)C5CC5)c4)n3)ncc2C#CC2CCN(C)C2)CC1. The number of nitrogens with zero attached hydrogens (tertiary/aromatic N) is 7. The Morgan fingerprint density at radius 2 is 1.93 bits per heavy atom. The number of likely N-dealkylation sites (tertiary alicyclic amines) is 1. The summed E-state index contributed by atoms with van der Waals surface area (Å²) in [5.74, 6) is 7.45. The Bertz CT molecular complexity index is 1590. The van der Waals surface area contributed by atoms with Gasteiger partial charge in [0.1, 0.15) is 11.6 Å². The van der Waals surface area contributed by atoms with Crippen LogP contribution in [0.4, 0.5) is 17.3 Å². The third-order valence-corrected chi connectivity index (χ3v) is 9.92. The van der Waals surface area contributed by atoms with Crippen molar-refractivity contribution < 1.29 is 18.3 Å². The van der Waals surface area contributed by atoms with Crippen LogP contribution in [0.1, 0.15) is 37.7 Å². The van der Waals surface area contributed by atoms with E-state index in [1.54, 1.807) is 18.5 Å². The third-order valence-electron chi connectivity index (χ3n) is 7.89. The van der Waals surface area contributed by atoms with E-state index in [0.29, 0.717) is 67.7 Å². The number of anilines is 3. The Balaban J connectivity index is 1.25. The van der Waals surface area contributed by atoms with Crippen LogP contribution in [0.3, 0.4) is 0 Å². The number of nitrogens with one attached hydrogen (secondary N) is 1. The highest BCUT2D eigenvalue weighted by Crippen LogP contribution is 2.32. The van der Waals surface area contributed by atoms with Crippen LogP contribution in [0.15, 0.2) is 36.9 Å². The fourth-order valence-electron chi connectivity index (χ4n) is 5.18. The molecule has 0 bridgehead atoms. The number of methoxy groups -OCH3 is 1. The van der Waals surface area contributed by atoms with Crippen LogP contribution in [0.2, 0.25) is 0 Å². The largest absolute Gasteiger partial charge is 0.370 e. The van der Waals surface area contributed by atoms with Crippen LogP contribution in [-0.2, 0) is 14.8 Å². The minimum absolute atomic E-state index is 0.327. The zero-order valence-electron chi connectivity index (χ0n) is 23.2. The van der Waals surface area contributed by atoms with E-state index in [4.69, 9.17) is 4.74 Å². The van der Waals surface area contributed by atoms with Crippen LogP contribution < -0.4 is 10.2 Å². The van der Waals surface area contributed by atoms with Crippen molar-refractivity contribution in [3.8, 4) is 23.2 Å². The maximum absolute atomic E-state index is 12.5. The van der Waals surface area contributed by atoms with Crippen LogP contribution in [0.5, 0.6) is 0 Å². The molecule has 0 radical (unpaired) electrons. The molecular formula is C28H34N8O4S. The maximum Gasteiger partial charge on any atom is 0.256 e. The van der Waals surface area contributed by atoms with E-state index in [1.807, 2.05) is 6.07 Å². The quantitative estimate of drug-likeness (QED) is 0.315. The average molecular weight is 579 g/mol. The molecule has 1 atom stereocenters. The fourth-order valence-corrected chi connectivity index (χ4v) is 6.66. The Labute approximate surface area is 239 Å². The smallest absolute Gasteiger partial charge is 0.256 e. The van der Waals surface area contributed by atoms with Gasteiger partial charge in [-0.15, -0.1) is 0 Å². The van der Waals surface area contributed by atoms with Gasteiger partial charge < -0.3 is 25.0 Å². The van der Waals surface area contributed by atoms with E-state index in [0.717, 1.165) is 34.8 Å².